The van der Waals surface area contributed by atoms with Gasteiger partial charge in [-0.25, -0.2) is 23.2 Å². The number of rotatable bonds is 6. The first-order valence-corrected chi connectivity index (χ1v) is 9.27. The molecule has 0 spiro atoms. The Balaban J connectivity index is 1.72. The summed E-state index contributed by atoms with van der Waals surface area (Å²) in [7, 11) is -3.72. The van der Waals surface area contributed by atoms with Crippen LogP contribution in [0, 0.1) is 0 Å². The second kappa shape index (κ2) is 7.06. The fourth-order valence-electron chi connectivity index (χ4n) is 2.08. The van der Waals surface area contributed by atoms with Crippen molar-refractivity contribution in [3.8, 4) is 0 Å². The van der Waals surface area contributed by atoms with Crippen molar-refractivity contribution in [3.63, 3.8) is 0 Å². The van der Waals surface area contributed by atoms with E-state index in [4.69, 9.17) is 5.14 Å². The molecule has 1 aromatic carbocycles. The number of hydrogen-bond acceptors (Lipinski definition) is 8. The Morgan fingerprint density at radius 3 is 2.46 bits per heavy atom. The smallest absolute Gasteiger partial charge is 0.246 e. The van der Waals surface area contributed by atoms with Gasteiger partial charge in [0.2, 0.25) is 16.0 Å². The molecule has 3 rings (SSSR count). The van der Waals surface area contributed by atoms with Crippen LogP contribution in [0.2, 0.25) is 0 Å². The van der Waals surface area contributed by atoms with Gasteiger partial charge in [-0.1, -0.05) is 0 Å². The molecule has 0 unspecified atom stereocenters. The summed E-state index contributed by atoms with van der Waals surface area (Å²) in [5.41, 5.74) is 1.30. The largest absolute Gasteiger partial charge is 0.339 e. The number of primary sulfonamides is 1. The first kappa shape index (κ1) is 17.8. The predicted octanol–water partition coefficient (Wildman–Crippen LogP) is 1.78. The first-order valence-electron chi connectivity index (χ1n) is 7.72. The summed E-state index contributed by atoms with van der Waals surface area (Å²) in [6, 6.07) is 7.95. The molecule has 0 radical (unpaired) electrons. The molecule has 0 amide bonds. The molecule has 10 nitrogen and oxygen atoms in total. The van der Waals surface area contributed by atoms with E-state index < -0.39 is 10.0 Å². The Bertz CT molecular complexity index is 998. The summed E-state index contributed by atoms with van der Waals surface area (Å²) in [4.78, 5) is 4.22. The molecular formula is C15H18N8O2S. The van der Waals surface area contributed by atoms with Crippen LogP contribution in [0.1, 0.15) is 19.9 Å². The zero-order valence-corrected chi connectivity index (χ0v) is 15.0. The number of benzene rings is 1. The molecule has 2 aromatic heterocycles. The molecule has 11 heteroatoms. The van der Waals surface area contributed by atoms with Crippen molar-refractivity contribution in [2.24, 2.45) is 5.14 Å². The van der Waals surface area contributed by atoms with Gasteiger partial charge < -0.3 is 10.6 Å². The fourth-order valence-corrected chi connectivity index (χ4v) is 2.60. The minimum Gasteiger partial charge on any atom is -0.339 e. The van der Waals surface area contributed by atoms with Crippen LogP contribution in [0.15, 0.2) is 47.8 Å². The van der Waals surface area contributed by atoms with Gasteiger partial charge >= 0.3 is 0 Å². The Morgan fingerprint density at radius 2 is 1.85 bits per heavy atom. The quantitative estimate of drug-likeness (QED) is 0.593. The highest BCUT2D eigenvalue weighted by Gasteiger charge is 2.08. The minimum atomic E-state index is -3.72. The summed E-state index contributed by atoms with van der Waals surface area (Å²) in [5, 5.41) is 23.4. The van der Waals surface area contributed by atoms with Crippen molar-refractivity contribution in [1.29, 1.82) is 0 Å². The van der Waals surface area contributed by atoms with Crippen LogP contribution in [-0.4, -0.2) is 33.4 Å². The van der Waals surface area contributed by atoms with Crippen LogP contribution in [-0.2, 0) is 10.0 Å². The van der Waals surface area contributed by atoms with Gasteiger partial charge in [0.25, 0.3) is 0 Å². The van der Waals surface area contributed by atoms with Gasteiger partial charge in [0.15, 0.2) is 5.82 Å². The number of nitrogens with zero attached hydrogens (tertiary/aromatic N) is 5. The Labute approximate surface area is 150 Å². The Morgan fingerprint density at radius 1 is 1.12 bits per heavy atom. The van der Waals surface area contributed by atoms with Crippen LogP contribution in [0.3, 0.4) is 0 Å². The van der Waals surface area contributed by atoms with Crippen molar-refractivity contribution in [1.82, 2.24) is 25.0 Å². The molecule has 0 aliphatic carbocycles. The Hall–Kier alpha value is -3.05. The molecule has 0 saturated carbocycles. The van der Waals surface area contributed by atoms with Gasteiger partial charge in [-0.15, -0.1) is 10.2 Å². The van der Waals surface area contributed by atoms with Crippen molar-refractivity contribution in [2.45, 2.75) is 24.8 Å². The first-order chi connectivity index (χ1) is 12.3. The molecule has 0 aliphatic rings. The Kier molecular flexibility index (Phi) is 4.82. The zero-order valence-electron chi connectivity index (χ0n) is 14.2. The van der Waals surface area contributed by atoms with Gasteiger partial charge in [0, 0.05) is 17.8 Å². The zero-order chi connectivity index (χ0) is 18.7. The molecule has 0 bridgehead atoms. The normalized spacial score (nSPS) is 11.5. The fraction of sp³-hybridized carbons (Fsp3) is 0.200. The van der Waals surface area contributed by atoms with Gasteiger partial charge in [-0.05, 0) is 38.1 Å². The molecular weight excluding hydrogens is 356 g/mol. The van der Waals surface area contributed by atoms with E-state index in [1.807, 2.05) is 13.8 Å². The lowest BCUT2D eigenvalue weighted by atomic mass is 10.3. The highest BCUT2D eigenvalue weighted by atomic mass is 32.2. The average molecular weight is 374 g/mol. The second-order valence-electron chi connectivity index (χ2n) is 5.79. The lowest BCUT2D eigenvalue weighted by molar-refractivity contribution is 0.532. The predicted molar refractivity (Wildman–Crippen MR) is 96.8 cm³/mol. The number of nitrogens with one attached hydrogen (secondary N) is 2. The average Bonchev–Trinajstić information content (AvgIpc) is 3.04. The van der Waals surface area contributed by atoms with E-state index in [9.17, 15) is 8.42 Å². The molecule has 3 aromatic rings. The van der Waals surface area contributed by atoms with Crippen LogP contribution in [0.5, 0.6) is 0 Å². The molecule has 4 N–H and O–H groups in total. The lowest BCUT2D eigenvalue weighted by Gasteiger charge is -2.07. The molecule has 0 fully saturated rings. The van der Waals surface area contributed by atoms with Crippen LogP contribution in [0.4, 0.5) is 23.1 Å². The third kappa shape index (κ3) is 4.32. The van der Waals surface area contributed by atoms with Crippen molar-refractivity contribution < 1.29 is 8.42 Å². The molecule has 0 saturated heterocycles. The maximum absolute atomic E-state index is 11.3. The molecule has 26 heavy (non-hydrogen) atoms. The summed E-state index contributed by atoms with van der Waals surface area (Å²) in [5.74, 6) is 0.928. The summed E-state index contributed by atoms with van der Waals surface area (Å²) < 4.78 is 24.3. The number of aromatic nitrogens is 5. The van der Waals surface area contributed by atoms with Crippen molar-refractivity contribution in [3.05, 3.63) is 42.9 Å². The summed E-state index contributed by atoms with van der Waals surface area (Å²) in [6.07, 6.45) is 3.19. The summed E-state index contributed by atoms with van der Waals surface area (Å²) >= 11 is 0. The van der Waals surface area contributed by atoms with Crippen molar-refractivity contribution >= 4 is 33.2 Å². The third-order valence-electron chi connectivity index (χ3n) is 3.40. The number of anilines is 4. The molecule has 0 aliphatic heterocycles. The van der Waals surface area contributed by atoms with E-state index >= 15 is 0 Å². The second-order valence-corrected chi connectivity index (χ2v) is 7.35. The highest BCUT2D eigenvalue weighted by molar-refractivity contribution is 7.89. The number of sulfonamides is 1. The van der Waals surface area contributed by atoms with E-state index in [0.717, 1.165) is 0 Å². The van der Waals surface area contributed by atoms with E-state index in [1.165, 1.54) is 12.1 Å². The monoisotopic (exact) mass is 374 g/mol. The van der Waals surface area contributed by atoms with E-state index in [-0.39, 0.29) is 10.9 Å². The van der Waals surface area contributed by atoms with Crippen LogP contribution >= 0.6 is 0 Å². The number of hydrogen-bond donors (Lipinski definition) is 3. The lowest BCUT2D eigenvalue weighted by Crippen LogP contribution is -2.11. The maximum Gasteiger partial charge on any atom is 0.246 e. The van der Waals surface area contributed by atoms with Gasteiger partial charge in [-0.3, -0.25) is 0 Å². The van der Waals surface area contributed by atoms with E-state index in [0.29, 0.717) is 23.1 Å². The van der Waals surface area contributed by atoms with Crippen molar-refractivity contribution in [2.75, 3.05) is 10.6 Å². The van der Waals surface area contributed by atoms with Gasteiger partial charge in [0.1, 0.15) is 6.33 Å². The topological polar surface area (TPSA) is 141 Å². The standard InChI is InChI=1S/C15H18N8O2S/c1-10(2)23-9-17-15(22-23)20-12-7-14(21-18-8-12)19-11-3-5-13(6-4-11)26(16,24)25/h3-10H,1-2H3,(H2,16,24,25)(H2,19,20,21,22). The van der Waals surface area contributed by atoms with Crippen LogP contribution < -0.4 is 15.8 Å². The molecule has 0 atom stereocenters. The third-order valence-corrected chi connectivity index (χ3v) is 4.33. The van der Waals surface area contributed by atoms with E-state index in [2.05, 4.69) is 30.9 Å². The van der Waals surface area contributed by atoms with Gasteiger partial charge in [-0.2, -0.15) is 5.10 Å². The SMILES string of the molecule is CC(C)n1cnc(Nc2cnnc(Nc3ccc(S(N)(=O)=O)cc3)c2)n1. The van der Waals surface area contributed by atoms with Crippen LogP contribution in [0.25, 0.3) is 0 Å². The highest BCUT2D eigenvalue weighted by Crippen LogP contribution is 2.20. The van der Waals surface area contributed by atoms with E-state index in [1.54, 1.807) is 35.4 Å². The molecule has 136 valence electrons. The molecule has 2 heterocycles. The maximum atomic E-state index is 11.3. The minimum absolute atomic E-state index is 0.0383. The number of nitrogens with two attached hydrogens (primary N) is 1. The van der Waals surface area contributed by atoms with Gasteiger partial charge in [0.05, 0.1) is 16.8 Å². The summed E-state index contributed by atoms with van der Waals surface area (Å²) in [6.45, 7) is 4.02.